The minimum atomic E-state index is -0.101. The smallest absolute Gasteiger partial charge is 0.248 e. The van der Waals surface area contributed by atoms with Crippen LogP contribution in [0.5, 0.6) is 0 Å². The quantitative estimate of drug-likeness (QED) is 0.654. The van der Waals surface area contributed by atoms with Crippen molar-refractivity contribution in [2.75, 3.05) is 0 Å². The third-order valence-corrected chi connectivity index (χ3v) is 1.50. The maximum absolute atomic E-state index is 10.9. The van der Waals surface area contributed by atoms with Crippen LogP contribution in [0.25, 0.3) is 0 Å². The van der Waals surface area contributed by atoms with Crippen molar-refractivity contribution in [2.24, 2.45) is 5.92 Å². The van der Waals surface area contributed by atoms with Gasteiger partial charge >= 0.3 is 0 Å². The lowest BCUT2D eigenvalue weighted by Crippen LogP contribution is -2.03. The van der Waals surface area contributed by atoms with Crippen LogP contribution in [0.2, 0.25) is 0 Å². The van der Waals surface area contributed by atoms with Gasteiger partial charge < -0.3 is 4.98 Å². The zero-order valence-corrected chi connectivity index (χ0v) is 7.92. The van der Waals surface area contributed by atoms with Gasteiger partial charge in [-0.25, -0.2) is 0 Å². The van der Waals surface area contributed by atoms with E-state index in [1.807, 2.05) is 0 Å². The highest BCUT2D eigenvalue weighted by Gasteiger charge is 1.88. The molecule has 0 aromatic carbocycles. The van der Waals surface area contributed by atoms with Crippen LogP contribution in [-0.2, 0) is 0 Å². The van der Waals surface area contributed by atoms with Gasteiger partial charge in [0.05, 0.1) is 5.69 Å². The van der Waals surface area contributed by atoms with Crippen molar-refractivity contribution in [3.63, 3.8) is 0 Å². The molecule has 0 aliphatic carbocycles. The first-order valence-corrected chi connectivity index (χ1v) is 4.36. The van der Waals surface area contributed by atoms with E-state index < -0.39 is 0 Å². The fourth-order valence-corrected chi connectivity index (χ4v) is 0.871. The van der Waals surface area contributed by atoms with Crippen molar-refractivity contribution < 1.29 is 1.43 Å². The molecule has 1 heterocycles. The van der Waals surface area contributed by atoms with Crippen molar-refractivity contribution in [1.29, 1.82) is 0 Å². The average molecular weight is 177 g/mol. The van der Waals surface area contributed by atoms with Gasteiger partial charge in [0.1, 0.15) is 0 Å². The lowest BCUT2D eigenvalue weighted by Gasteiger charge is -1.93. The van der Waals surface area contributed by atoms with E-state index in [0.29, 0.717) is 11.6 Å². The topological polar surface area (TPSA) is 32.9 Å². The summed E-state index contributed by atoms with van der Waals surface area (Å²) in [5, 5.41) is 0. The Labute approximate surface area is 79.5 Å². The summed E-state index contributed by atoms with van der Waals surface area (Å²) in [6.07, 6.45) is 0.858. The SMILES string of the molecule is CC(C)CC#Cc1cccc(=O)[nH]1.[HH]. The highest BCUT2D eigenvalue weighted by molar-refractivity contribution is 5.26. The standard InChI is InChI=1S/C11H13NO.H2/c1-9(2)5-3-6-10-7-4-8-11(13)12-10;/h4,7-9H,5H2,1-2H3,(H,12,13);1H. The van der Waals surface area contributed by atoms with E-state index in [2.05, 4.69) is 30.7 Å². The van der Waals surface area contributed by atoms with Crippen molar-refractivity contribution in [1.82, 2.24) is 4.98 Å². The van der Waals surface area contributed by atoms with Crippen molar-refractivity contribution in [3.8, 4) is 11.8 Å². The second-order valence-corrected chi connectivity index (χ2v) is 3.33. The number of nitrogens with one attached hydrogen (secondary N) is 1. The summed E-state index contributed by atoms with van der Waals surface area (Å²) in [5.41, 5.74) is 0.587. The molecule has 70 valence electrons. The summed E-state index contributed by atoms with van der Waals surface area (Å²) >= 11 is 0. The molecular formula is C11H15NO. The lowest BCUT2D eigenvalue weighted by molar-refractivity contribution is 0.676. The number of aromatic amines is 1. The molecule has 0 atom stereocenters. The Morgan fingerprint density at radius 2 is 2.31 bits per heavy atom. The van der Waals surface area contributed by atoms with Crippen LogP contribution in [0, 0.1) is 17.8 Å². The zero-order valence-electron chi connectivity index (χ0n) is 7.92. The molecule has 0 fully saturated rings. The molecule has 0 saturated heterocycles. The molecule has 0 aliphatic rings. The molecule has 0 radical (unpaired) electrons. The monoisotopic (exact) mass is 177 g/mol. The Morgan fingerprint density at radius 3 is 2.92 bits per heavy atom. The minimum absolute atomic E-state index is 0. The van der Waals surface area contributed by atoms with Crippen LogP contribution in [0.15, 0.2) is 23.0 Å². The Morgan fingerprint density at radius 1 is 1.54 bits per heavy atom. The van der Waals surface area contributed by atoms with E-state index in [0.717, 1.165) is 6.42 Å². The number of hydrogen-bond donors (Lipinski definition) is 1. The number of pyridine rings is 1. The molecule has 0 amide bonds. The number of H-pyrrole nitrogens is 1. The molecule has 13 heavy (non-hydrogen) atoms. The molecule has 0 saturated carbocycles. The van der Waals surface area contributed by atoms with Crippen LogP contribution in [0.4, 0.5) is 0 Å². The highest BCUT2D eigenvalue weighted by atomic mass is 16.1. The lowest BCUT2D eigenvalue weighted by atomic mass is 10.1. The van der Waals surface area contributed by atoms with Gasteiger partial charge in [-0.1, -0.05) is 25.8 Å². The molecule has 1 N–H and O–H groups in total. The second kappa shape index (κ2) is 4.51. The Bertz CT molecular complexity index is 384. The van der Waals surface area contributed by atoms with Crippen LogP contribution >= 0.6 is 0 Å². The predicted molar refractivity (Wildman–Crippen MR) is 55.5 cm³/mol. The summed E-state index contributed by atoms with van der Waals surface area (Å²) in [6.45, 7) is 4.23. The largest absolute Gasteiger partial charge is 0.315 e. The van der Waals surface area contributed by atoms with E-state index in [4.69, 9.17) is 0 Å². The summed E-state index contributed by atoms with van der Waals surface area (Å²) in [7, 11) is 0. The van der Waals surface area contributed by atoms with Gasteiger partial charge in [0.2, 0.25) is 5.56 Å². The maximum Gasteiger partial charge on any atom is 0.248 e. The van der Waals surface area contributed by atoms with E-state index >= 15 is 0 Å². The molecule has 2 heteroatoms. The molecule has 0 aliphatic heterocycles. The molecule has 1 aromatic heterocycles. The molecule has 2 nitrogen and oxygen atoms in total. The van der Waals surface area contributed by atoms with Gasteiger partial charge in [0.15, 0.2) is 0 Å². The van der Waals surface area contributed by atoms with Gasteiger partial charge in [-0.2, -0.15) is 0 Å². The first kappa shape index (κ1) is 9.60. The fraction of sp³-hybridized carbons (Fsp3) is 0.364. The van der Waals surface area contributed by atoms with E-state index in [1.165, 1.54) is 6.07 Å². The third-order valence-electron chi connectivity index (χ3n) is 1.50. The van der Waals surface area contributed by atoms with Gasteiger partial charge in [-0.3, -0.25) is 4.79 Å². The van der Waals surface area contributed by atoms with Gasteiger partial charge in [-0.15, -0.1) is 0 Å². The summed E-state index contributed by atoms with van der Waals surface area (Å²) < 4.78 is 0. The first-order valence-electron chi connectivity index (χ1n) is 4.36. The molecular weight excluding hydrogens is 162 g/mol. The Kier molecular flexibility index (Phi) is 3.33. The molecule has 1 rings (SSSR count). The fourth-order valence-electron chi connectivity index (χ4n) is 0.871. The molecule has 0 spiro atoms. The maximum atomic E-state index is 10.9. The van der Waals surface area contributed by atoms with E-state index in [1.54, 1.807) is 12.1 Å². The van der Waals surface area contributed by atoms with Crippen LogP contribution < -0.4 is 5.56 Å². The van der Waals surface area contributed by atoms with Crippen LogP contribution in [0.1, 0.15) is 27.4 Å². The molecule has 0 unspecified atom stereocenters. The first-order chi connectivity index (χ1) is 6.18. The van der Waals surface area contributed by atoms with E-state index in [9.17, 15) is 4.79 Å². The van der Waals surface area contributed by atoms with E-state index in [-0.39, 0.29) is 6.99 Å². The number of aromatic nitrogens is 1. The average Bonchev–Trinajstić information content (AvgIpc) is 2.03. The Balaban J connectivity index is 0.00000169. The predicted octanol–water partition coefficient (Wildman–Crippen LogP) is 2.02. The summed E-state index contributed by atoms with van der Waals surface area (Å²) in [4.78, 5) is 13.5. The summed E-state index contributed by atoms with van der Waals surface area (Å²) in [5.74, 6) is 6.49. The Hall–Kier alpha value is -1.49. The summed E-state index contributed by atoms with van der Waals surface area (Å²) in [6, 6.07) is 4.99. The van der Waals surface area contributed by atoms with Crippen LogP contribution in [-0.4, -0.2) is 4.98 Å². The van der Waals surface area contributed by atoms with Crippen LogP contribution in [0.3, 0.4) is 0 Å². The van der Waals surface area contributed by atoms with Crippen molar-refractivity contribution >= 4 is 0 Å². The van der Waals surface area contributed by atoms with Crippen molar-refractivity contribution in [2.45, 2.75) is 20.3 Å². The normalized spacial score (nSPS) is 9.46. The van der Waals surface area contributed by atoms with Crippen molar-refractivity contribution in [3.05, 3.63) is 34.2 Å². The molecule has 0 bridgehead atoms. The van der Waals surface area contributed by atoms with Gasteiger partial charge in [0, 0.05) is 13.9 Å². The zero-order chi connectivity index (χ0) is 9.68. The highest BCUT2D eigenvalue weighted by Crippen LogP contribution is 1.96. The number of rotatable bonds is 1. The third kappa shape index (κ3) is 3.62. The van der Waals surface area contributed by atoms with Gasteiger partial charge in [0.25, 0.3) is 0 Å². The molecule has 1 aromatic rings. The number of hydrogen-bond acceptors (Lipinski definition) is 1. The van der Waals surface area contributed by atoms with Gasteiger partial charge in [-0.05, 0) is 17.9 Å². The second-order valence-electron chi connectivity index (χ2n) is 3.33. The minimum Gasteiger partial charge on any atom is -0.315 e.